The fourth-order valence-electron chi connectivity index (χ4n) is 2.92. The normalized spacial score (nSPS) is 16.2. The molecule has 1 fully saturated rings. The number of anilines is 1. The lowest BCUT2D eigenvalue weighted by Crippen LogP contribution is -2.29. The molecule has 2 heterocycles. The molecule has 3 rings (SSSR count). The molecule has 1 aromatic heterocycles. The zero-order valence-corrected chi connectivity index (χ0v) is 14.8. The molecule has 1 aliphatic heterocycles. The Balaban J connectivity index is 1.64. The molecule has 0 bridgehead atoms. The summed E-state index contributed by atoms with van der Waals surface area (Å²) in [6, 6.07) is 7.62. The van der Waals surface area contributed by atoms with Gasteiger partial charge in [-0.05, 0) is 50.6 Å². The summed E-state index contributed by atoms with van der Waals surface area (Å²) in [5, 5.41) is 4.01. The highest BCUT2D eigenvalue weighted by Crippen LogP contribution is 2.18. The average Bonchev–Trinajstić information content (AvgIpc) is 3.08. The maximum Gasteiger partial charge on any atom is 0.265 e. The van der Waals surface area contributed by atoms with Crippen LogP contribution in [-0.4, -0.2) is 36.2 Å². The number of piperidine rings is 1. The molecular formula is C17H24N4O2S. The van der Waals surface area contributed by atoms with Gasteiger partial charge in [-0.1, -0.05) is 18.6 Å². The van der Waals surface area contributed by atoms with Gasteiger partial charge in [0.1, 0.15) is 4.90 Å². The van der Waals surface area contributed by atoms with E-state index in [-0.39, 0.29) is 4.90 Å². The van der Waals surface area contributed by atoms with Crippen molar-refractivity contribution in [3.63, 3.8) is 0 Å². The van der Waals surface area contributed by atoms with Gasteiger partial charge in [0.25, 0.3) is 10.0 Å². The van der Waals surface area contributed by atoms with Crippen molar-refractivity contribution < 1.29 is 8.42 Å². The molecule has 7 heteroatoms. The molecule has 0 unspecified atom stereocenters. The second-order valence-corrected chi connectivity index (χ2v) is 7.85. The Morgan fingerprint density at radius 3 is 2.46 bits per heavy atom. The van der Waals surface area contributed by atoms with Crippen LogP contribution < -0.4 is 4.72 Å². The van der Waals surface area contributed by atoms with Crippen molar-refractivity contribution in [2.45, 2.75) is 44.2 Å². The molecule has 2 aromatic rings. The van der Waals surface area contributed by atoms with E-state index in [1.165, 1.54) is 37.2 Å². The van der Waals surface area contributed by atoms with Gasteiger partial charge in [-0.2, -0.15) is 5.10 Å². The highest BCUT2D eigenvalue weighted by Gasteiger charge is 2.16. The monoisotopic (exact) mass is 348 g/mol. The van der Waals surface area contributed by atoms with Crippen LogP contribution >= 0.6 is 0 Å². The van der Waals surface area contributed by atoms with Crippen LogP contribution in [-0.2, 0) is 23.1 Å². The topological polar surface area (TPSA) is 67.2 Å². The van der Waals surface area contributed by atoms with Crippen molar-refractivity contribution in [2.75, 3.05) is 17.8 Å². The molecule has 130 valence electrons. The van der Waals surface area contributed by atoms with Gasteiger partial charge in [0.15, 0.2) is 0 Å². The Bertz CT molecular complexity index is 762. The van der Waals surface area contributed by atoms with E-state index in [1.54, 1.807) is 4.68 Å². The van der Waals surface area contributed by atoms with Gasteiger partial charge in [0.05, 0.1) is 6.20 Å². The summed E-state index contributed by atoms with van der Waals surface area (Å²) in [6.45, 7) is 5.78. The molecule has 1 saturated heterocycles. The minimum atomic E-state index is -3.59. The van der Waals surface area contributed by atoms with E-state index in [4.69, 9.17) is 0 Å². The fraction of sp³-hybridized carbons (Fsp3) is 0.471. The number of sulfonamides is 1. The summed E-state index contributed by atoms with van der Waals surface area (Å²) in [7, 11) is -3.59. The third kappa shape index (κ3) is 4.15. The average molecular weight is 348 g/mol. The Labute approximate surface area is 143 Å². The van der Waals surface area contributed by atoms with Crippen LogP contribution in [0.15, 0.2) is 41.6 Å². The van der Waals surface area contributed by atoms with Crippen molar-refractivity contribution >= 4 is 15.7 Å². The van der Waals surface area contributed by atoms with Crippen LogP contribution in [0.1, 0.15) is 31.7 Å². The number of nitrogens with zero attached hydrogens (tertiary/aromatic N) is 3. The number of nitrogens with one attached hydrogen (secondary N) is 1. The predicted octanol–water partition coefficient (Wildman–Crippen LogP) is 2.69. The minimum absolute atomic E-state index is 0.182. The maximum atomic E-state index is 12.4. The van der Waals surface area contributed by atoms with Gasteiger partial charge in [0.2, 0.25) is 0 Å². The lowest BCUT2D eigenvalue weighted by Gasteiger charge is -2.26. The lowest BCUT2D eigenvalue weighted by molar-refractivity contribution is 0.221. The van der Waals surface area contributed by atoms with E-state index < -0.39 is 10.0 Å². The summed E-state index contributed by atoms with van der Waals surface area (Å²) in [4.78, 5) is 2.63. The van der Waals surface area contributed by atoms with E-state index in [0.717, 1.165) is 19.6 Å². The lowest BCUT2D eigenvalue weighted by atomic mass is 10.1. The second kappa shape index (κ2) is 7.36. The molecule has 6 nitrogen and oxygen atoms in total. The van der Waals surface area contributed by atoms with Crippen LogP contribution in [0.5, 0.6) is 0 Å². The summed E-state index contributed by atoms with van der Waals surface area (Å²) in [5.74, 6) is 0. The molecule has 0 amide bonds. The quantitative estimate of drug-likeness (QED) is 0.871. The zero-order chi connectivity index (χ0) is 17.0. The number of hydrogen-bond donors (Lipinski definition) is 1. The number of hydrogen-bond acceptors (Lipinski definition) is 4. The van der Waals surface area contributed by atoms with E-state index in [0.29, 0.717) is 12.2 Å². The van der Waals surface area contributed by atoms with Gasteiger partial charge in [-0.3, -0.25) is 14.3 Å². The largest absolute Gasteiger partial charge is 0.299 e. The van der Waals surface area contributed by atoms with Gasteiger partial charge >= 0.3 is 0 Å². The Kier molecular flexibility index (Phi) is 5.20. The summed E-state index contributed by atoms with van der Waals surface area (Å²) < 4.78 is 28.9. The molecule has 0 saturated carbocycles. The summed E-state index contributed by atoms with van der Waals surface area (Å²) in [5.41, 5.74) is 1.78. The smallest absolute Gasteiger partial charge is 0.265 e. The molecule has 0 spiro atoms. The second-order valence-electron chi connectivity index (χ2n) is 6.17. The summed E-state index contributed by atoms with van der Waals surface area (Å²) in [6.07, 6.45) is 6.77. The number of aromatic nitrogens is 2. The van der Waals surface area contributed by atoms with Crippen LogP contribution in [0.25, 0.3) is 0 Å². The zero-order valence-electron chi connectivity index (χ0n) is 14.0. The SMILES string of the molecule is CCn1cc(S(=O)(=O)Nc2ccc(CN3CCCCC3)cc2)cn1. The summed E-state index contributed by atoms with van der Waals surface area (Å²) >= 11 is 0. The molecule has 1 aromatic carbocycles. The molecule has 0 aliphatic carbocycles. The van der Waals surface area contributed by atoms with Crippen LogP contribution in [0.2, 0.25) is 0 Å². The van der Waals surface area contributed by atoms with E-state index in [9.17, 15) is 8.42 Å². The number of likely N-dealkylation sites (tertiary alicyclic amines) is 1. The maximum absolute atomic E-state index is 12.4. The fourth-order valence-corrected chi connectivity index (χ4v) is 3.93. The molecule has 24 heavy (non-hydrogen) atoms. The molecule has 0 radical (unpaired) electrons. The first-order valence-corrected chi connectivity index (χ1v) is 9.92. The standard InChI is InChI=1S/C17H24N4O2S/c1-2-21-14-17(12-18-21)24(22,23)19-16-8-6-15(7-9-16)13-20-10-4-3-5-11-20/h6-9,12,14,19H,2-5,10-11,13H2,1H3. The van der Waals surface area contributed by atoms with E-state index in [2.05, 4.69) is 14.7 Å². The van der Waals surface area contributed by atoms with E-state index in [1.807, 2.05) is 31.2 Å². The molecular weight excluding hydrogens is 324 g/mol. The highest BCUT2D eigenvalue weighted by atomic mass is 32.2. The van der Waals surface area contributed by atoms with Crippen molar-refractivity contribution in [1.82, 2.24) is 14.7 Å². The molecule has 1 aliphatic rings. The van der Waals surface area contributed by atoms with Crippen molar-refractivity contribution in [3.05, 3.63) is 42.2 Å². The van der Waals surface area contributed by atoms with Crippen LogP contribution in [0, 0.1) is 0 Å². The van der Waals surface area contributed by atoms with Gasteiger partial charge in [-0.25, -0.2) is 8.42 Å². The van der Waals surface area contributed by atoms with Gasteiger partial charge < -0.3 is 0 Å². The Morgan fingerprint density at radius 1 is 1.12 bits per heavy atom. The molecule has 1 N–H and O–H groups in total. The first-order chi connectivity index (χ1) is 11.6. The number of aryl methyl sites for hydroxylation is 1. The first kappa shape index (κ1) is 17.0. The van der Waals surface area contributed by atoms with Crippen molar-refractivity contribution in [2.24, 2.45) is 0 Å². The van der Waals surface area contributed by atoms with Crippen molar-refractivity contribution in [1.29, 1.82) is 0 Å². The molecule has 0 atom stereocenters. The first-order valence-electron chi connectivity index (χ1n) is 8.43. The van der Waals surface area contributed by atoms with Crippen LogP contribution in [0.4, 0.5) is 5.69 Å². The third-order valence-electron chi connectivity index (χ3n) is 4.30. The third-order valence-corrected chi connectivity index (χ3v) is 5.64. The Morgan fingerprint density at radius 2 is 1.83 bits per heavy atom. The number of benzene rings is 1. The predicted molar refractivity (Wildman–Crippen MR) is 94.3 cm³/mol. The van der Waals surface area contributed by atoms with Gasteiger partial charge in [0, 0.05) is 25.0 Å². The Hall–Kier alpha value is -1.86. The highest BCUT2D eigenvalue weighted by molar-refractivity contribution is 7.92. The van der Waals surface area contributed by atoms with Gasteiger partial charge in [-0.15, -0.1) is 0 Å². The number of rotatable bonds is 6. The van der Waals surface area contributed by atoms with Crippen LogP contribution in [0.3, 0.4) is 0 Å². The van der Waals surface area contributed by atoms with Crippen molar-refractivity contribution in [3.8, 4) is 0 Å². The minimum Gasteiger partial charge on any atom is -0.299 e. The van der Waals surface area contributed by atoms with E-state index >= 15 is 0 Å².